The number of nitrogen functional groups attached to an aromatic ring is 1. The van der Waals surface area contributed by atoms with Gasteiger partial charge in [0.05, 0.1) is 11.1 Å². The minimum atomic E-state index is -4.48. The Kier molecular flexibility index (Phi) is 5.51. The molecule has 0 aliphatic carbocycles. The summed E-state index contributed by atoms with van der Waals surface area (Å²) in [6.07, 6.45) is -2.63. The molecule has 27 heavy (non-hydrogen) atoms. The molecule has 2 aromatic carbocycles. The molecule has 3 rings (SSSR count). The van der Waals surface area contributed by atoms with Crippen molar-refractivity contribution < 1.29 is 22.7 Å². The van der Waals surface area contributed by atoms with Gasteiger partial charge in [-0.15, -0.1) is 0 Å². The Balaban J connectivity index is 1.80. The molecule has 3 aromatic rings. The average molecular weight is 440 g/mol. The predicted octanol–water partition coefficient (Wildman–Crippen LogP) is 6.19. The summed E-state index contributed by atoms with van der Waals surface area (Å²) >= 11 is 3.48. The van der Waals surface area contributed by atoms with Gasteiger partial charge in [-0.3, -0.25) is 0 Å². The van der Waals surface area contributed by atoms with Gasteiger partial charge < -0.3 is 15.3 Å². The number of anilines is 1. The van der Waals surface area contributed by atoms with Crippen LogP contribution >= 0.6 is 15.9 Å². The maximum Gasteiger partial charge on any atom is 0.416 e. The smallest absolute Gasteiger partial charge is 0.416 e. The Hall–Kier alpha value is -2.41. The highest BCUT2D eigenvalue weighted by Crippen LogP contribution is 2.42. The fraction of sp³-hybridized carbons (Fsp3) is 0.200. The largest absolute Gasteiger partial charge is 0.504 e. The Morgan fingerprint density at radius 3 is 2.48 bits per heavy atom. The van der Waals surface area contributed by atoms with E-state index in [4.69, 9.17) is 10.2 Å². The maximum atomic E-state index is 12.9. The van der Waals surface area contributed by atoms with Crippen LogP contribution in [0.4, 0.5) is 19.1 Å². The third-order valence-electron chi connectivity index (χ3n) is 4.27. The van der Waals surface area contributed by atoms with Crippen LogP contribution in [0.3, 0.4) is 0 Å². The van der Waals surface area contributed by atoms with Gasteiger partial charge in [-0.1, -0.05) is 46.3 Å². The van der Waals surface area contributed by atoms with Crippen LogP contribution in [0.15, 0.2) is 57.4 Å². The van der Waals surface area contributed by atoms with Gasteiger partial charge >= 0.3 is 6.18 Å². The lowest BCUT2D eigenvalue weighted by Crippen LogP contribution is -2.04. The lowest BCUT2D eigenvalue weighted by Gasteiger charge is -2.08. The Labute approximate surface area is 162 Å². The van der Waals surface area contributed by atoms with Crippen molar-refractivity contribution in [2.24, 2.45) is 0 Å². The number of furan rings is 1. The standard InChI is InChI=1S/C20H17BrF3NO2/c21-15-9-2-1-5-12(15)6-4-10-16-18(26)17(19(25)27-16)13-7-3-8-14(11-13)20(22,23)24/h1-3,5,7-9,11,26H,4,6,10,25H2. The zero-order valence-electron chi connectivity index (χ0n) is 14.2. The van der Waals surface area contributed by atoms with Crippen LogP contribution in [0.1, 0.15) is 23.3 Å². The van der Waals surface area contributed by atoms with Gasteiger partial charge in [0.1, 0.15) is 5.76 Å². The first-order valence-corrected chi connectivity index (χ1v) is 9.08. The van der Waals surface area contributed by atoms with Crippen molar-refractivity contribution in [3.63, 3.8) is 0 Å². The van der Waals surface area contributed by atoms with Crippen molar-refractivity contribution in [2.45, 2.75) is 25.4 Å². The summed E-state index contributed by atoms with van der Waals surface area (Å²) in [5.41, 5.74) is 6.40. The molecule has 0 bridgehead atoms. The summed E-state index contributed by atoms with van der Waals surface area (Å²) < 4.78 is 45.2. The zero-order valence-corrected chi connectivity index (χ0v) is 15.8. The Morgan fingerprint density at radius 1 is 1.04 bits per heavy atom. The van der Waals surface area contributed by atoms with Gasteiger partial charge in [0.2, 0.25) is 5.88 Å². The van der Waals surface area contributed by atoms with Crippen molar-refractivity contribution in [3.05, 3.63) is 69.9 Å². The SMILES string of the molecule is Nc1oc(CCCc2ccccc2Br)c(O)c1-c1cccc(C(F)(F)F)c1. The fourth-order valence-corrected chi connectivity index (χ4v) is 3.41. The number of alkyl halides is 3. The van der Waals surface area contributed by atoms with Crippen LogP contribution in [0, 0.1) is 0 Å². The Bertz CT molecular complexity index is 951. The molecule has 3 N–H and O–H groups in total. The highest BCUT2D eigenvalue weighted by Gasteiger charge is 2.31. The van der Waals surface area contributed by atoms with Gasteiger partial charge in [0.25, 0.3) is 0 Å². The molecule has 7 heteroatoms. The second-order valence-electron chi connectivity index (χ2n) is 6.14. The van der Waals surface area contributed by atoms with Crippen molar-refractivity contribution in [1.82, 2.24) is 0 Å². The molecule has 1 aromatic heterocycles. The van der Waals surface area contributed by atoms with Gasteiger partial charge in [-0.05, 0) is 42.2 Å². The summed E-state index contributed by atoms with van der Waals surface area (Å²) in [7, 11) is 0. The molecule has 0 spiro atoms. The van der Waals surface area contributed by atoms with E-state index >= 15 is 0 Å². The number of halogens is 4. The second kappa shape index (κ2) is 7.68. The summed E-state index contributed by atoms with van der Waals surface area (Å²) in [5.74, 6) is -0.0337. The van der Waals surface area contributed by atoms with Crippen LogP contribution in [0.5, 0.6) is 5.75 Å². The molecule has 0 unspecified atom stereocenters. The normalized spacial score (nSPS) is 11.7. The lowest BCUT2D eigenvalue weighted by atomic mass is 10.0. The molecule has 0 radical (unpaired) electrons. The molecular formula is C20H17BrF3NO2. The van der Waals surface area contributed by atoms with Crippen LogP contribution in [-0.2, 0) is 19.0 Å². The van der Waals surface area contributed by atoms with Gasteiger partial charge in [-0.2, -0.15) is 13.2 Å². The molecule has 142 valence electrons. The number of benzene rings is 2. The summed E-state index contributed by atoms with van der Waals surface area (Å²) in [5, 5.41) is 10.4. The van der Waals surface area contributed by atoms with Crippen LogP contribution in [0.25, 0.3) is 11.1 Å². The van der Waals surface area contributed by atoms with E-state index in [1.54, 1.807) is 0 Å². The first-order chi connectivity index (χ1) is 12.8. The molecule has 0 saturated heterocycles. The van der Waals surface area contributed by atoms with Crippen LogP contribution in [-0.4, -0.2) is 5.11 Å². The third kappa shape index (κ3) is 4.30. The first kappa shape index (κ1) is 19.4. The molecule has 3 nitrogen and oxygen atoms in total. The van der Waals surface area contributed by atoms with E-state index in [9.17, 15) is 18.3 Å². The second-order valence-corrected chi connectivity index (χ2v) is 6.99. The van der Waals surface area contributed by atoms with E-state index in [1.165, 1.54) is 12.1 Å². The lowest BCUT2D eigenvalue weighted by molar-refractivity contribution is -0.137. The fourth-order valence-electron chi connectivity index (χ4n) is 2.93. The number of nitrogens with two attached hydrogens (primary N) is 1. The molecule has 0 fully saturated rings. The number of rotatable bonds is 5. The van der Waals surface area contributed by atoms with Crippen molar-refractivity contribution >= 4 is 21.8 Å². The molecule has 0 aliphatic rings. The molecular weight excluding hydrogens is 423 g/mol. The molecule has 1 heterocycles. The number of aryl methyl sites for hydroxylation is 2. The minimum absolute atomic E-state index is 0.0944. The molecule has 0 amide bonds. The Morgan fingerprint density at radius 2 is 1.78 bits per heavy atom. The zero-order chi connectivity index (χ0) is 19.6. The summed E-state index contributed by atoms with van der Waals surface area (Å²) in [4.78, 5) is 0. The minimum Gasteiger partial charge on any atom is -0.504 e. The van der Waals surface area contributed by atoms with E-state index in [-0.39, 0.29) is 28.5 Å². The van der Waals surface area contributed by atoms with Crippen molar-refractivity contribution in [3.8, 4) is 16.9 Å². The van der Waals surface area contributed by atoms with E-state index in [0.717, 1.165) is 28.6 Å². The average Bonchev–Trinajstić information content (AvgIpc) is 2.90. The van der Waals surface area contributed by atoms with E-state index in [1.807, 2.05) is 24.3 Å². The van der Waals surface area contributed by atoms with Crippen LogP contribution in [0.2, 0.25) is 0 Å². The van der Waals surface area contributed by atoms with Crippen molar-refractivity contribution in [2.75, 3.05) is 5.73 Å². The number of aromatic hydroxyl groups is 1. The van der Waals surface area contributed by atoms with E-state index in [2.05, 4.69) is 15.9 Å². The van der Waals surface area contributed by atoms with Gasteiger partial charge in [0.15, 0.2) is 5.75 Å². The first-order valence-electron chi connectivity index (χ1n) is 8.28. The van der Waals surface area contributed by atoms with E-state index < -0.39 is 11.7 Å². The molecule has 0 aliphatic heterocycles. The number of hydrogen-bond donors (Lipinski definition) is 2. The highest BCUT2D eigenvalue weighted by molar-refractivity contribution is 9.10. The van der Waals surface area contributed by atoms with Gasteiger partial charge in [-0.25, -0.2) is 0 Å². The van der Waals surface area contributed by atoms with Gasteiger partial charge in [0, 0.05) is 10.9 Å². The molecule has 0 atom stereocenters. The molecule has 0 saturated carbocycles. The topological polar surface area (TPSA) is 59.4 Å². The summed E-state index contributed by atoms with van der Waals surface area (Å²) in [6.45, 7) is 0. The van der Waals surface area contributed by atoms with Crippen LogP contribution < -0.4 is 5.73 Å². The summed E-state index contributed by atoms with van der Waals surface area (Å²) in [6, 6.07) is 12.5. The number of hydrogen-bond acceptors (Lipinski definition) is 3. The monoisotopic (exact) mass is 439 g/mol. The van der Waals surface area contributed by atoms with E-state index in [0.29, 0.717) is 12.8 Å². The predicted molar refractivity (Wildman–Crippen MR) is 101 cm³/mol. The highest BCUT2D eigenvalue weighted by atomic mass is 79.9. The van der Waals surface area contributed by atoms with Crippen molar-refractivity contribution in [1.29, 1.82) is 0 Å². The quantitative estimate of drug-likeness (QED) is 0.498. The maximum absolute atomic E-state index is 12.9. The third-order valence-corrected chi connectivity index (χ3v) is 5.04.